The molecule has 150 valence electrons. The van der Waals surface area contributed by atoms with Gasteiger partial charge < -0.3 is 20.1 Å². The second-order valence-corrected chi connectivity index (χ2v) is 6.82. The van der Waals surface area contributed by atoms with Gasteiger partial charge in [-0.2, -0.15) is 0 Å². The summed E-state index contributed by atoms with van der Waals surface area (Å²) in [6.07, 6.45) is 3.81. The minimum Gasteiger partial charge on any atom is -0.493 e. The molecule has 0 aliphatic heterocycles. The molecule has 0 amide bonds. The Hall–Kier alpha value is -1.39. The molecule has 1 aromatic heterocycles. The van der Waals surface area contributed by atoms with Crippen molar-refractivity contribution in [2.45, 2.75) is 33.2 Å². The zero-order valence-corrected chi connectivity index (χ0v) is 19.3. The van der Waals surface area contributed by atoms with Crippen molar-refractivity contribution in [2.24, 2.45) is 4.99 Å². The zero-order valence-electron chi connectivity index (χ0n) is 16.2. The minimum atomic E-state index is 0. The molecule has 0 unspecified atom stereocenters. The van der Waals surface area contributed by atoms with Gasteiger partial charge in [0, 0.05) is 49.5 Å². The number of hydrogen-bond donors (Lipinski definition) is 2. The van der Waals surface area contributed by atoms with Gasteiger partial charge in [-0.05, 0) is 25.5 Å². The monoisotopic (exact) mass is 504 g/mol. The summed E-state index contributed by atoms with van der Waals surface area (Å²) in [5.41, 5.74) is 0.933. The Balaban J connectivity index is 0.00000364. The Bertz CT molecular complexity index is 694. The summed E-state index contributed by atoms with van der Waals surface area (Å²) in [5.74, 6) is 1.56. The maximum absolute atomic E-state index is 5.75. The first-order valence-electron chi connectivity index (χ1n) is 8.95. The Morgan fingerprint density at radius 1 is 1.26 bits per heavy atom. The van der Waals surface area contributed by atoms with Crippen LogP contribution in [0.2, 0.25) is 0 Å². The van der Waals surface area contributed by atoms with Gasteiger partial charge in [-0.1, -0.05) is 13.0 Å². The van der Waals surface area contributed by atoms with Crippen LogP contribution in [-0.2, 0) is 17.7 Å². The summed E-state index contributed by atoms with van der Waals surface area (Å²) in [6, 6.07) is 7.88. The molecule has 0 saturated heterocycles. The molecule has 0 radical (unpaired) electrons. The molecule has 0 fully saturated rings. The lowest BCUT2D eigenvalue weighted by Crippen LogP contribution is -2.30. The number of hydrogen-bond acceptors (Lipinski definition) is 5. The third kappa shape index (κ3) is 8.89. The molecule has 8 heteroatoms. The summed E-state index contributed by atoms with van der Waals surface area (Å²) in [7, 11) is 1.70. The topological polar surface area (TPSA) is 67.8 Å². The highest BCUT2D eigenvalue weighted by Gasteiger charge is 2.04. The van der Waals surface area contributed by atoms with E-state index in [4.69, 9.17) is 9.47 Å². The van der Waals surface area contributed by atoms with Gasteiger partial charge in [0.25, 0.3) is 0 Å². The van der Waals surface area contributed by atoms with Crippen LogP contribution >= 0.6 is 35.3 Å². The number of nitrogens with one attached hydrogen (secondary N) is 2. The van der Waals surface area contributed by atoms with Crippen LogP contribution in [0.25, 0.3) is 0 Å². The predicted molar refractivity (Wildman–Crippen MR) is 124 cm³/mol. The fourth-order valence-corrected chi connectivity index (χ4v) is 3.02. The van der Waals surface area contributed by atoms with E-state index in [-0.39, 0.29) is 24.0 Å². The number of rotatable bonds is 10. The summed E-state index contributed by atoms with van der Waals surface area (Å²) in [4.78, 5) is 10.3. The lowest BCUT2D eigenvalue weighted by atomic mass is 10.3. The Labute approximate surface area is 182 Å². The first-order valence-corrected chi connectivity index (χ1v) is 9.77. The van der Waals surface area contributed by atoms with Crippen LogP contribution in [0.15, 0.2) is 35.5 Å². The molecule has 1 heterocycles. The second-order valence-electron chi connectivity index (χ2n) is 5.62. The average molecular weight is 504 g/mol. The fourth-order valence-electron chi connectivity index (χ4n) is 2.23. The van der Waals surface area contributed by atoms with Crippen LogP contribution in [0, 0.1) is 0 Å². The first-order chi connectivity index (χ1) is 12.7. The molecule has 0 aliphatic carbocycles. The van der Waals surface area contributed by atoms with Gasteiger partial charge in [-0.25, -0.2) is 9.98 Å². The normalized spacial score (nSPS) is 11.0. The molecular weight excluding hydrogens is 475 g/mol. The van der Waals surface area contributed by atoms with Gasteiger partial charge in [-0.3, -0.25) is 0 Å². The van der Waals surface area contributed by atoms with E-state index in [0.29, 0.717) is 19.8 Å². The fraction of sp³-hybridized carbons (Fsp3) is 0.474. The van der Waals surface area contributed by atoms with Crippen LogP contribution in [0.4, 0.5) is 5.69 Å². The van der Waals surface area contributed by atoms with E-state index >= 15 is 0 Å². The predicted octanol–water partition coefficient (Wildman–Crippen LogP) is 4.32. The Morgan fingerprint density at radius 2 is 2.11 bits per heavy atom. The number of halogens is 1. The highest BCUT2D eigenvalue weighted by Crippen LogP contribution is 2.18. The molecule has 0 bridgehead atoms. The number of ether oxygens (including phenoxy) is 2. The average Bonchev–Trinajstić information content (AvgIpc) is 3.12. The van der Waals surface area contributed by atoms with Crippen LogP contribution in [0.1, 0.15) is 30.2 Å². The molecule has 1 aromatic carbocycles. The molecule has 0 saturated carbocycles. The molecule has 27 heavy (non-hydrogen) atoms. The van der Waals surface area contributed by atoms with Crippen molar-refractivity contribution < 1.29 is 9.47 Å². The van der Waals surface area contributed by atoms with Crippen LogP contribution in [-0.4, -0.2) is 37.8 Å². The van der Waals surface area contributed by atoms with Gasteiger partial charge in [0.1, 0.15) is 10.8 Å². The third-order valence-corrected chi connectivity index (χ3v) is 4.65. The molecule has 2 aromatic rings. The smallest absolute Gasteiger partial charge is 0.196 e. The van der Waals surface area contributed by atoms with E-state index in [2.05, 4.69) is 27.5 Å². The summed E-state index contributed by atoms with van der Waals surface area (Å²) in [6.45, 7) is 6.87. The number of anilines is 1. The minimum absolute atomic E-state index is 0. The number of thiazole rings is 1. The number of aryl methyl sites for hydroxylation is 1. The number of nitrogens with zero attached hydrogens (tertiary/aromatic N) is 2. The van der Waals surface area contributed by atoms with Crippen molar-refractivity contribution in [3.63, 3.8) is 0 Å². The Morgan fingerprint density at radius 3 is 2.81 bits per heavy atom. The lowest BCUT2D eigenvalue weighted by molar-refractivity contribution is 0.172. The molecule has 0 aliphatic rings. The summed E-state index contributed by atoms with van der Waals surface area (Å²) < 4.78 is 10.8. The SMILES string of the molecule is CCNC(=NCc1ncc(CC)s1)Nc1cccc(OCCCOC)c1.I. The van der Waals surface area contributed by atoms with Crippen LogP contribution in [0.3, 0.4) is 0 Å². The van der Waals surface area contributed by atoms with Gasteiger partial charge in [0.05, 0.1) is 13.2 Å². The van der Waals surface area contributed by atoms with E-state index in [1.807, 2.05) is 37.4 Å². The van der Waals surface area contributed by atoms with Crippen LogP contribution in [0.5, 0.6) is 5.75 Å². The van der Waals surface area contributed by atoms with Gasteiger partial charge in [-0.15, -0.1) is 35.3 Å². The van der Waals surface area contributed by atoms with Crippen LogP contribution < -0.4 is 15.4 Å². The van der Waals surface area contributed by atoms with Crippen molar-refractivity contribution in [1.29, 1.82) is 0 Å². The number of benzene rings is 1. The van der Waals surface area contributed by atoms with E-state index in [1.165, 1.54) is 4.88 Å². The molecular formula is C19H29IN4O2S. The highest BCUT2D eigenvalue weighted by atomic mass is 127. The van der Waals surface area contributed by atoms with Gasteiger partial charge in [0.2, 0.25) is 0 Å². The van der Waals surface area contributed by atoms with E-state index < -0.39 is 0 Å². The molecule has 6 nitrogen and oxygen atoms in total. The molecule has 0 atom stereocenters. The van der Waals surface area contributed by atoms with Crippen molar-refractivity contribution in [1.82, 2.24) is 10.3 Å². The number of aliphatic imine (C=N–C) groups is 1. The number of guanidine groups is 1. The van der Waals surface area contributed by atoms with Crippen molar-refractivity contribution in [3.05, 3.63) is 40.3 Å². The molecule has 2 N–H and O–H groups in total. The van der Waals surface area contributed by atoms with Crippen molar-refractivity contribution >= 4 is 47.0 Å². The van der Waals surface area contributed by atoms with Crippen molar-refractivity contribution in [2.75, 3.05) is 32.2 Å². The van der Waals surface area contributed by atoms with Gasteiger partial charge >= 0.3 is 0 Å². The van der Waals surface area contributed by atoms with Crippen molar-refractivity contribution in [3.8, 4) is 5.75 Å². The second kappa shape index (κ2) is 13.7. The quantitative estimate of drug-likeness (QED) is 0.219. The molecule has 2 rings (SSSR count). The van der Waals surface area contributed by atoms with E-state index in [1.54, 1.807) is 18.4 Å². The van der Waals surface area contributed by atoms with E-state index in [9.17, 15) is 0 Å². The van der Waals surface area contributed by atoms with E-state index in [0.717, 1.165) is 41.8 Å². The highest BCUT2D eigenvalue weighted by molar-refractivity contribution is 14.0. The maximum Gasteiger partial charge on any atom is 0.196 e. The number of aromatic nitrogens is 1. The molecule has 0 spiro atoms. The number of methoxy groups -OCH3 is 1. The Kier molecular flexibility index (Phi) is 12.0. The first kappa shape index (κ1) is 23.6. The largest absolute Gasteiger partial charge is 0.493 e. The van der Waals surface area contributed by atoms with Gasteiger partial charge in [0.15, 0.2) is 5.96 Å². The third-order valence-electron chi connectivity index (χ3n) is 3.52. The zero-order chi connectivity index (χ0) is 18.6. The maximum atomic E-state index is 5.75. The summed E-state index contributed by atoms with van der Waals surface area (Å²) in [5, 5.41) is 7.61. The summed E-state index contributed by atoms with van der Waals surface area (Å²) >= 11 is 1.71. The lowest BCUT2D eigenvalue weighted by Gasteiger charge is -2.12. The standard InChI is InChI=1S/C19H28N4O2S.HI/c1-4-17-13-21-18(26-17)14-22-19(20-5-2)23-15-8-6-9-16(12-15)25-11-7-10-24-3;/h6,8-9,12-13H,4-5,7,10-11,14H2,1-3H3,(H2,20,22,23);1H.